The molecule has 3 aromatic rings. The van der Waals surface area contributed by atoms with E-state index in [-0.39, 0.29) is 11.8 Å². The second kappa shape index (κ2) is 8.07. The summed E-state index contributed by atoms with van der Waals surface area (Å²) in [6.45, 7) is 0.961. The van der Waals surface area contributed by atoms with Gasteiger partial charge in [-0.3, -0.25) is 14.3 Å². The molecule has 0 saturated carbocycles. The van der Waals surface area contributed by atoms with E-state index in [0.29, 0.717) is 31.6 Å². The van der Waals surface area contributed by atoms with Crippen molar-refractivity contribution in [2.75, 3.05) is 27.2 Å². The molecule has 1 fully saturated rings. The van der Waals surface area contributed by atoms with Crippen LogP contribution in [0.4, 0.5) is 0 Å². The van der Waals surface area contributed by atoms with Crippen molar-refractivity contribution in [3.05, 3.63) is 65.3 Å². The third-order valence-electron chi connectivity index (χ3n) is 5.71. The predicted octanol–water partition coefficient (Wildman–Crippen LogP) is 3.31. The summed E-state index contributed by atoms with van der Waals surface area (Å²) in [7, 11) is 5.37. The van der Waals surface area contributed by atoms with Gasteiger partial charge in [0.15, 0.2) is 0 Å². The fourth-order valence-electron chi connectivity index (χ4n) is 4.27. The molecule has 3 heterocycles. The summed E-state index contributed by atoms with van der Waals surface area (Å²) >= 11 is 1.70. The first-order chi connectivity index (χ1) is 14.4. The Morgan fingerprint density at radius 3 is 2.70 bits per heavy atom. The summed E-state index contributed by atoms with van der Waals surface area (Å²) in [6, 6.07) is 14.3. The second-order valence-corrected chi connectivity index (χ2v) is 9.13. The fraction of sp³-hybridized carbons (Fsp3) is 0.348. The lowest BCUT2D eigenvalue weighted by molar-refractivity contribution is -0.138. The minimum Gasteiger partial charge on any atom is -0.348 e. The number of benzene rings is 1. The number of likely N-dealkylation sites (tertiary alicyclic amines) is 1. The van der Waals surface area contributed by atoms with Crippen molar-refractivity contribution >= 4 is 23.2 Å². The standard InChI is InChI=1S/C23H26N4O2S/c1-25(2)22(29)23(10-12-27(16-23)21(28)19-9-11-26(3)24-19)15-17-6-4-7-18(14-17)20-8-5-13-30-20/h4-9,11,13-14H,10,12,15-16H2,1-3H3/t23-/m1/s1. The van der Waals surface area contributed by atoms with Crippen LogP contribution < -0.4 is 0 Å². The van der Waals surface area contributed by atoms with E-state index in [2.05, 4.69) is 34.7 Å². The van der Waals surface area contributed by atoms with Gasteiger partial charge in [-0.2, -0.15) is 5.10 Å². The van der Waals surface area contributed by atoms with E-state index in [1.807, 2.05) is 12.1 Å². The summed E-state index contributed by atoms with van der Waals surface area (Å²) in [5.74, 6) is -0.0447. The molecule has 1 aliphatic rings. The number of rotatable bonds is 5. The normalized spacial score (nSPS) is 18.6. The quantitative estimate of drug-likeness (QED) is 0.634. The number of amides is 2. The molecule has 156 valence electrons. The zero-order chi connectivity index (χ0) is 21.3. The molecule has 1 atom stereocenters. The van der Waals surface area contributed by atoms with Crippen molar-refractivity contribution in [1.29, 1.82) is 0 Å². The van der Waals surface area contributed by atoms with E-state index >= 15 is 0 Å². The lowest BCUT2D eigenvalue weighted by Crippen LogP contribution is -2.44. The lowest BCUT2D eigenvalue weighted by Gasteiger charge is -2.31. The summed E-state index contributed by atoms with van der Waals surface area (Å²) < 4.78 is 1.62. The van der Waals surface area contributed by atoms with Gasteiger partial charge in [0.05, 0.1) is 5.41 Å². The SMILES string of the molecule is CN(C)C(=O)[C@@]1(Cc2cccc(-c3cccs3)c2)CCN(C(=O)c2ccn(C)n2)C1. The maximum atomic E-state index is 13.3. The molecule has 4 rings (SSSR count). The first-order valence-electron chi connectivity index (χ1n) is 10.0. The molecule has 7 heteroatoms. The molecule has 0 radical (unpaired) electrons. The molecule has 2 amide bonds. The molecule has 0 N–H and O–H groups in total. The zero-order valence-corrected chi connectivity index (χ0v) is 18.4. The third-order valence-corrected chi connectivity index (χ3v) is 6.63. The van der Waals surface area contributed by atoms with Crippen LogP contribution in [0, 0.1) is 5.41 Å². The largest absolute Gasteiger partial charge is 0.348 e. The van der Waals surface area contributed by atoms with Gasteiger partial charge >= 0.3 is 0 Å². The van der Waals surface area contributed by atoms with E-state index in [1.165, 1.54) is 4.88 Å². The number of nitrogens with zero attached hydrogens (tertiary/aromatic N) is 4. The summed E-state index contributed by atoms with van der Waals surface area (Å²) in [5, 5.41) is 6.30. The Kier molecular flexibility index (Phi) is 5.47. The highest BCUT2D eigenvalue weighted by Crippen LogP contribution is 2.37. The van der Waals surface area contributed by atoms with Gasteiger partial charge in [0.1, 0.15) is 5.69 Å². The molecule has 0 aliphatic carbocycles. The maximum absolute atomic E-state index is 13.3. The van der Waals surface area contributed by atoms with Gasteiger partial charge < -0.3 is 9.80 Å². The molecule has 1 aliphatic heterocycles. The van der Waals surface area contributed by atoms with Crippen LogP contribution in [0.3, 0.4) is 0 Å². The van der Waals surface area contributed by atoms with Crippen LogP contribution >= 0.6 is 11.3 Å². The number of aryl methyl sites for hydroxylation is 1. The van der Waals surface area contributed by atoms with Crippen molar-refractivity contribution in [1.82, 2.24) is 19.6 Å². The number of carbonyl (C=O) groups is 2. The van der Waals surface area contributed by atoms with Gasteiger partial charge in [-0.15, -0.1) is 11.3 Å². The highest BCUT2D eigenvalue weighted by atomic mass is 32.1. The van der Waals surface area contributed by atoms with Crippen LogP contribution in [0.1, 0.15) is 22.5 Å². The van der Waals surface area contributed by atoms with Crippen molar-refractivity contribution in [2.45, 2.75) is 12.8 Å². The predicted molar refractivity (Wildman–Crippen MR) is 118 cm³/mol. The average molecular weight is 423 g/mol. The fourth-order valence-corrected chi connectivity index (χ4v) is 5.00. The zero-order valence-electron chi connectivity index (χ0n) is 17.5. The van der Waals surface area contributed by atoms with Gasteiger partial charge in [0.25, 0.3) is 5.91 Å². The maximum Gasteiger partial charge on any atom is 0.274 e. The van der Waals surface area contributed by atoms with Crippen LogP contribution in [-0.2, 0) is 18.3 Å². The minimum atomic E-state index is -0.623. The third kappa shape index (κ3) is 3.89. The molecule has 6 nitrogen and oxygen atoms in total. The first-order valence-corrected chi connectivity index (χ1v) is 10.9. The van der Waals surface area contributed by atoms with Crippen LogP contribution in [0.5, 0.6) is 0 Å². The van der Waals surface area contributed by atoms with Crippen molar-refractivity contribution in [3.63, 3.8) is 0 Å². The highest BCUT2D eigenvalue weighted by molar-refractivity contribution is 7.13. The number of hydrogen-bond donors (Lipinski definition) is 0. The van der Waals surface area contributed by atoms with Gasteiger partial charge in [0, 0.05) is 45.3 Å². The molecule has 1 saturated heterocycles. The monoisotopic (exact) mass is 422 g/mol. The van der Waals surface area contributed by atoms with Gasteiger partial charge in [-0.1, -0.05) is 30.3 Å². The Labute approximate surface area is 180 Å². The molecule has 30 heavy (non-hydrogen) atoms. The molecule has 0 spiro atoms. The van der Waals surface area contributed by atoms with E-state index in [4.69, 9.17) is 0 Å². The van der Waals surface area contributed by atoms with Crippen LogP contribution in [0.25, 0.3) is 10.4 Å². The Hall–Kier alpha value is -2.93. The summed E-state index contributed by atoms with van der Waals surface area (Å²) in [4.78, 5) is 30.8. The number of thiophene rings is 1. The summed E-state index contributed by atoms with van der Waals surface area (Å²) in [5.41, 5.74) is 2.07. The van der Waals surface area contributed by atoms with Crippen molar-refractivity contribution in [2.24, 2.45) is 12.5 Å². The Morgan fingerprint density at radius 1 is 1.20 bits per heavy atom. The smallest absolute Gasteiger partial charge is 0.274 e. The van der Waals surface area contributed by atoms with Gasteiger partial charge in [-0.05, 0) is 41.5 Å². The van der Waals surface area contributed by atoms with Crippen molar-refractivity contribution in [3.8, 4) is 10.4 Å². The summed E-state index contributed by atoms with van der Waals surface area (Å²) in [6.07, 6.45) is 3.01. The molecular weight excluding hydrogens is 396 g/mol. The average Bonchev–Trinajstić information content (AvgIpc) is 3.48. The molecule has 1 aromatic carbocycles. The Morgan fingerprint density at radius 2 is 2.03 bits per heavy atom. The van der Waals surface area contributed by atoms with E-state index < -0.39 is 5.41 Å². The van der Waals surface area contributed by atoms with Crippen molar-refractivity contribution < 1.29 is 9.59 Å². The van der Waals surface area contributed by atoms with Gasteiger partial charge in [0.2, 0.25) is 5.91 Å². The molecular formula is C23H26N4O2S. The number of aromatic nitrogens is 2. The van der Waals surface area contributed by atoms with E-state index in [0.717, 1.165) is 11.1 Å². The molecule has 0 unspecified atom stereocenters. The Balaban J connectivity index is 1.60. The number of carbonyl (C=O) groups excluding carboxylic acids is 2. The topological polar surface area (TPSA) is 58.4 Å². The van der Waals surface area contributed by atoms with Crippen LogP contribution in [0.15, 0.2) is 54.0 Å². The lowest BCUT2D eigenvalue weighted by atomic mass is 9.79. The Bertz CT molecular complexity index is 1060. The molecule has 2 aromatic heterocycles. The van der Waals surface area contributed by atoms with Crippen LogP contribution in [0.2, 0.25) is 0 Å². The highest BCUT2D eigenvalue weighted by Gasteiger charge is 2.47. The second-order valence-electron chi connectivity index (χ2n) is 8.19. The van der Waals surface area contributed by atoms with E-state index in [9.17, 15) is 9.59 Å². The van der Waals surface area contributed by atoms with E-state index in [1.54, 1.807) is 59.2 Å². The first kappa shape index (κ1) is 20.3. The van der Waals surface area contributed by atoms with Gasteiger partial charge in [-0.25, -0.2) is 0 Å². The van der Waals surface area contributed by atoms with Crippen LogP contribution in [-0.4, -0.2) is 58.6 Å². The number of hydrogen-bond acceptors (Lipinski definition) is 4. The molecule has 0 bridgehead atoms. The minimum absolute atomic E-state index is 0.0698.